The first-order valence-corrected chi connectivity index (χ1v) is 3.36. The van der Waals surface area contributed by atoms with Gasteiger partial charge in [0.15, 0.2) is 0 Å². The van der Waals surface area contributed by atoms with Crippen molar-refractivity contribution in [2.24, 2.45) is 5.73 Å². The SMILES string of the molecule is CN1CC(=O)N(CC(N)=O)C1=O. The van der Waals surface area contributed by atoms with E-state index in [1.165, 1.54) is 11.9 Å². The van der Waals surface area contributed by atoms with E-state index in [4.69, 9.17) is 5.73 Å². The van der Waals surface area contributed by atoms with Gasteiger partial charge < -0.3 is 10.6 Å². The summed E-state index contributed by atoms with van der Waals surface area (Å²) in [5.74, 6) is -1.08. The molecule has 12 heavy (non-hydrogen) atoms. The Morgan fingerprint density at radius 2 is 2.17 bits per heavy atom. The predicted octanol–water partition coefficient (Wildman–Crippen LogP) is -1.63. The Morgan fingerprint density at radius 1 is 1.58 bits per heavy atom. The van der Waals surface area contributed by atoms with E-state index in [-0.39, 0.29) is 19.0 Å². The van der Waals surface area contributed by atoms with Crippen molar-refractivity contribution in [3.63, 3.8) is 0 Å². The van der Waals surface area contributed by atoms with E-state index in [0.29, 0.717) is 0 Å². The van der Waals surface area contributed by atoms with Crippen molar-refractivity contribution in [1.82, 2.24) is 9.80 Å². The first kappa shape index (κ1) is 8.51. The molecule has 1 saturated heterocycles. The zero-order valence-electron chi connectivity index (χ0n) is 6.61. The lowest BCUT2D eigenvalue weighted by Gasteiger charge is -2.10. The molecule has 0 aromatic carbocycles. The topological polar surface area (TPSA) is 83.7 Å². The molecule has 0 aliphatic carbocycles. The molecule has 0 radical (unpaired) electrons. The molecule has 66 valence electrons. The lowest BCUT2D eigenvalue weighted by Crippen LogP contribution is -2.38. The number of likely N-dealkylation sites (N-methyl/N-ethyl adjacent to an activating group) is 1. The Kier molecular flexibility index (Phi) is 1.99. The molecule has 0 atom stereocenters. The molecule has 1 rings (SSSR count). The number of amides is 4. The molecule has 4 amide bonds. The van der Waals surface area contributed by atoms with Crippen LogP contribution in [-0.4, -0.2) is 47.8 Å². The minimum Gasteiger partial charge on any atom is -0.368 e. The summed E-state index contributed by atoms with van der Waals surface area (Å²) in [5, 5.41) is 0. The Balaban J connectivity index is 2.70. The number of nitrogens with two attached hydrogens (primary N) is 1. The highest BCUT2D eigenvalue weighted by Crippen LogP contribution is 2.06. The van der Waals surface area contributed by atoms with E-state index in [1.807, 2.05) is 0 Å². The van der Waals surface area contributed by atoms with Gasteiger partial charge in [-0.15, -0.1) is 0 Å². The summed E-state index contributed by atoms with van der Waals surface area (Å²) >= 11 is 0. The second-order valence-corrected chi connectivity index (χ2v) is 2.58. The Bertz CT molecular complexity index is 250. The van der Waals surface area contributed by atoms with Gasteiger partial charge in [-0.2, -0.15) is 0 Å². The standard InChI is InChI=1S/C6H9N3O3/c1-8-3-5(11)9(6(8)12)2-4(7)10/h2-3H2,1H3,(H2,7,10). The second kappa shape index (κ2) is 2.80. The molecular weight excluding hydrogens is 162 g/mol. The van der Waals surface area contributed by atoms with Gasteiger partial charge in [-0.05, 0) is 0 Å². The molecule has 0 saturated carbocycles. The number of imide groups is 1. The molecule has 1 fully saturated rings. The Labute approximate surface area is 68.9 Å². The van der Waals surface area contributed by atoms with E-state index < -0.39 is 11.9 Å². The number of hydrogen-bond donors (Lipinski definition) is 1. The fourth-order valence-electron chi connectivity index (χ4n) is 0.980. The van der Waals surface area contributed by atoms with Crippen LogP contribution in [0.3, 0.4) is 0 Å². The maximum atomic E-state index is 11.1. The predicted molar refractivity (Wildman–Crippen MR) is 38.9 cm³/mol. The van der Waals surface area contributed by atoms with Gasteiger partial charge in [0.25, 0.3) is 5.91 Å². The molecule has 1 heterocycles. The van der Waals surface area contributed by atoms with E-state index in [0.717, 1.165) is 4.90 Å². The van der Waals surface area contributed by atoms with Crippen molar-refractivity contribution in [2.45, 2.75) is 0 Å². The average molecular weight is 171 g/mol. The average Bonchev–Trinajstić information content (AvgIpc) is 2.16. The van der Waals surface area contributed by atoms with Crippen molar-refractivity contribution in [1.29, 1.82) is 0 Å². The summed E-state index contributed by atoms with van der Waals surface area (Å²) in [6.07, 6.45) is 0. The monoisotopic (exact) mass is 171 g/mol. The van der Waals surface area contributed by atoms with Gasteiger partial charge in [0.2, 0.25) is 5.91 Å². The largest absolute Gasteiger partial charge is 0.368 e. The number of rotatable bonds is 2. The van der Waals surface area contributed by atoms with Crippen LogP contribution in [0.4, 0.5) is 4.79 Å². The zero-order chi connectivity index (χ0) is 9.30. The second-order valence-electron chi connectivity index (χ2n) is 2.58. The minimum atomic E-state index is -0.688. The van der Waals surface area contributed by atoms with Crippen molar-refractivity contribution in [3.05, 3.63) is 0 Å². The maximum Gasteiger partial charge on any atom is 0.327 e. The van der Waals surface area contributed by atoms with E-state index >= 15 is 0 Å². The van der Waals surface area contributed by atoms with Crippen molar-refractivity contribution < 1.29 is 14.4 Å². The quantitative estimate of drug-likeness (QED) is 0.506. The summed E-state index contributed by atoms with van der Waals surface area (Å²) in [5.41, 5.74) is 4.84. The van der Waals surface area contributed by atoms with Crippen molar-refractivity contribution >= 4 is 17.8 Å². The van der Waals surface area contributed by atoms with Gasteiger partial charge in [0, 0.05) is 7.05 Å². The highest BCUT2D eigenvalue weighted by Gasteiger charge is 2.34. The smallest absolute Gasteiger partial charge is 0.327 e. The summed E-state index contributed by atoms with van der Waals surface area (Å²) < 4.78 is 0. The maximum absolute atomic E-state index is 11.1. The van der Waals surface area contributed by atoms with Crippen molar-refractivity contribution in [3.8, 4) is 0 Å². The number of carbonyl (C=O) groups excluding carboxylic acids is 3. The van der Waals surface area contributed by atoms with Crippen LogP contribution < -0.4 is 5.73 Å². The third-order valence-corrected chi connectivity index (χ3v) is 1.54. The van der Waals surface area contributed by atoms with Gasteiger partial charge in [0.05, 0.1) is 0 Å². The molecule has 0 aromatic rings. The summed E-state index contributed by atoms with van der Waals surface area (Å²) in [4.78, 5) is 34.5. The van der Waals surface area contributed by atoms with Crippen LogP contribution in [0.2, 0.25) is 0 Å². The normalized spacial score (nSPS) is 17.4. The number of nitrogens with zero attached hydrogens (tertiary/aromatic N) is 2. The molecule has 0 bridgehead atoms. The lowest BCUT2D eigenvalue weighted by molar-refractivity contribution is -0.129. The van der Waals surface area contributed by atoms with Gasteiger partial charge in [-0.25, -0.2) is 4.79 Å². The molecule has 1 aliphatic heterocycles. The van der Waals surface area contributed by atoms with E-state index in [9.17, 15) is 14.4 Å². The fraction of sp³-hybridized carbons (Fsp3) is 0.500. The van der Waals surface area contributed by atoms with Crippen LogP contribution in [0, 0.1) is 0 Å². The number of urea groups is 1. The molecule has 0 spiro atoms. The molecule has 2 N–H and O–H groups in total. The molecule has 6 heteroatoms. The highest BCUT2D eigenvalue weighted by atomic mass is 16.2. The molecule has 0 aromatic heterocycles. The third-order valence-electron chi connectivity index (χ3n) is 1.54. The van der Waals surface area contributed by atoms with Gasteiger partial charge in [0.1, 0.15) is 13.1 Å². The Morgan fingerprint density at radius 3 is 2.50 bits per heavy atom. The highest BCUT2D eigenvalue weighted by molar-refractivity contribution is 6.04. The van der Waals surface area contributed by atoms with Gasteiger partial charge in [-0.3, -0.25) is 14.5 Å². The van der Waals surface area contributed by atoms with Crippen molar-refractivity contribution in [2.75, 3.05) is 20.1 Å². The van der Waals surface area contributed by atoms with E-state index in [1.54, 1.807) is 0 Å². The molecule has 0 unspecified atom stereocenters. The summed E-state index contributed by atoms with van der Waals surface area (Å²) in [6.45, 7) is -0.311. The molecule has 1 aliphatic rings. The molecular formula is C6H9N3O3. The number of primary amides is 1. The first-order chi connectivity index (χ1) is 5.52. The van der Waals surface area contributed by atoms with Crippen LogP contribution in [0.15, 0.2) is 0 Å². The van der Waals surface area contributed by atoms with Crippen LogP contribution in [0.25, 0.3) is 0 Å². The van der Waals surface area contributed by atoms with Crippen LogP contribution >= 0.6 is 0 Å². The van der Waals surface area contributed by atoms with Gasteiger partial charge >= 0.3 is 6.03 Å². The minimum absolute atomic E-state index is 0.0200. The summed E-state index contributed by atoms with van der Waals surface area (Å²) in [7, 11) is 1.49. The van der Waals surface area contributed by atoms with Crippen LogP contribution in [0.1, 0.15) is 0 Å². The fourth-order valence-corrected chi connectivity index (χ4v) is 0.980. The zero-order valence-corrected chi connectivity index (χ0v) is 6.61. The third kappa shape index (κ3) is 1.36. The summed E-state index contributed by atoms with van der Waals surface area (Å²) in [6, 6.07) is -0.473. The van der Waals surface area contributed by atoms with Gasteiger partial charge in [-0.1, -0.05) is 0 Å². The number of carbonyl (C=O) groups is 3. The Hall–Kier alpha value is -1.59. The van der Waals surface area contributed by atoms with E-state index in [2.05, 4.69) is 0 Å². The number of hydrogen-bond acceptors (Lipinski definition) is 3. The first-order valence-electron chi connectivity index (χ1n) is 3.36. The lowest BCUT2D eigenvalue weighted by atomic mass is 10.5. The van der Waals surface area contributed by atoms with Crippen LogP contribution in [0.5, 0.6) is 0 Å². The van der Waals surface area contributed by atoms with Crippen LogP contribution in [-0.2, 0) is 9.59 Å². The molecule has 6 nitrogen and oxygen atoms in total.